The van der Waals surface area contributed by atoms with Gasteiger partial charge in [0.25, 0.3) is 0 Å². The predicted molar refractivity (Wildman–Crippen MR) is 74.0 cm³/mol. The number of carboxylic acid groups (broad SMARTS) is 1. The Hall–Kier alpha value is -1.26. The summed E-state index contributed by atoms with van der Waals surface area (Å²) in [5, 5.41) is 12.0. The van der Waals surface area contributed by atoms with Crippen molar-refractivity contribution in [1.82, 2.24) is 10.2 Å². The molecule has 1 heterocycles. The second-order valence-corrected chi connectivity index (χ2v) is 5.91. The summed E-state index contributed by atoms with van der Waals surface area (Å²) in [7, 11) is 0. The van der Waals surface area contributed by atoms with Crippen LogP contribution in [0.5, 0.6) is 0 Å². The number of rotatable bonds is 4. The molecule has 2 N–H and O–H groups in total. The van der Waals surface area contributed by atoms with Gasteiger partial charge in [-0.25, -0.2) is 4.79 Å². The van der Waals surface area contributed by atoms with E-state index in [2.05, 4.69) is 5.32 Å². The van der Waals surface area contributed by atoms with Crippen LogP contribution in [-0.2, 0) is 4.79 Å². The van der Waals surface area contributed by atoms with Crippen LogP contribution in [-0.4, -0.2) is 40.6 Å². The molecule has 3 atom stereocenters. The normalized spacial score (nSPS) is 26.6. The first-order chi connectivity index (χ1) is 8.81. The van der Waals surface area contributed by atoms with Crippen molar-refractivity contribution in [2.24, 2.45) is 5.41 Å². The van der Waals surface area contributed by atoms with Gasteiger partial charge < -0.3 is 15.3 Å². The summed E-state index contributed by atoms with van der Waals surface area (Å²) >= 11 is 0. The van der Waals surface area contributed by atoms with Gasteiger partial charge in [-0.05, 0) is 46.5 Å². The van der Waals surface area contributed by atoms with Crippen LogP contribution in [0.4, 0.5) is 4.79 Å². The summed E-state index contributed by atoms with van der Waals surface area (Å²) in [5.74, 6) is -0.866. The predicted octanol–water partition coefficient (Wildman–Crippen LogP) is 2.46. The number of carbonyl (C=O) groups excluding carboxylic acids is 1. The fourth-order valence-electron chi connectivity index (χ4n) is 2.54. The molecule has 1 unspecified atom stereocenters. The van der Waals surface area contributed by atoms with Crippen LogP contribution in [0.15, 0.2) is 0 Å². The van der Waals surface area contributed by atoms with Crippen LogP contribution in [0, 0.1) is 5.41 Å². The molecule has 0 spiro atoms. The molecule has 0 aromatic rings. The topological polar surface area (TPSA) is 69.6 Å². The zero-order valence-corrected chi connectivity index (χ0v) is 12.4. The summed E-state index contributed by atoms with van der Waals surface area (Å²) in [6.45, 7) is 7.76. The maximum absolute atomic E-state index is 12.2. The lowest BCUT2D eigenvalue weighted by Gasteiger charge is -2.39. The van der Waals surface area contributed by atoms with Crippen molar-refractivity contribution in [3.8, 4) is 0 Å². The van der Waals surface area contributed by atoms with Crippen molar-refractivity contribution in [2.75, 3.05) is 6.54 Å². The summed E-state index contributed by atoms with van der Waals surface area (Å²) in [5.41, 5.74) is -0.891. The van der Waals surface area contributed by atoms with Crippen molar-refractivity contribution >= 4 is 12.0 Å². The van der Waals surface area contributed by atoms with E-state index in [9.17, 15) is 14.7 Å². The Morgan fingerprint density at radius 3 is 2.26 bits per heavy atom. The Balaban J connectivity index is 2.61. The smallest absolute Gasteiger partial charge is 0.317 e. The Bertz CT molecular complexity index is 336. The number of carboxylic acids is 1. The molecule has 1 fully saturated rings. The van der Waals surface area contributed by atoms with Crippen molar-refractivity contribution in [3.63, 3.8) is 0 Å². The zero-order valence-electron chi connectivity index (χ0n) is 12.4. The van der Waals surface area contributed by atoms with Gasteiger partial charge >= 0.3 is 12.0 Å². The van der Waals surface area contributed by atoms with E-state index in [0.29, 0.717) is 6.42 Å². The number of piperidine rings is 1. The second-order valence-electron chi connectivity index (χ2n) is 5.91. The minimum absolute atomic E-state index is 0.138. The largest absolute Gasteiger partial charge is 0.481 e. The molecule has 110 valence electrons. The van der Waals surface area contributed by atoms with Gasteiger partial charge in [-0.1, -0.05) is 6.92 Å². The molecule has 0 saturated carbocycles. The van der Waals surface area contributed by atoms with Crippen molar-refractivity contribution in [2.45, 2.75) is 65.5 Å². The van der Waals surface area contributed by atoms with Crippen molar-refractivity contribution in [1.29, 1.82) is 0 Å². The Kier molecular flexibility index (Phi) is 5.20. The average Bonchev–Trinajstić information content (AvgIpc) is 2.35. The average molecular weight is 270 g/mol. The van der Waals surface area contributed by atoms with Gasteiger partial charge in [0.15, 0.2) is 0 Å². The molecule has 1 rings (SSSR count). The van der Waals surface area contributed by atoms with E-state index in [4.69, 9.17) is 0 Å². The molecule has 5 heteroatoms. The summed E-state index contributed by atoms with van der Waals surface area (Å²) in [4.78, 5) is 25.3. The van der Waals surface area contributed by atoms with Crippen LogP contribution < -0.4 is 5.32 Å². The minimum atomic E-state index is -0.891. The third-order valence-corrected chi connectivity index (χ3v) is 4.35. The first-order valence-electron chi connectivity index (χ1n) is 7.11. The van der Waals surface area contributed by atoms with E-state index in [1.54, 1.807) is 6.92 Å². The highest BCUT2D eigenvalue weighted by Crippen LogP contribution is 2.24. The molecule has 1 aliphatic heterocycles. The van der Waals surface area contributed by atoms with Gasteiger partial charge in [0.1, 0.15) is 0 Å². The highest BCUT2D eigenvalue weighted by atomic mass is 16.4. The maximum atomic E-state index is 12.2. The molecule has 1 aliphatic rings. The van der Waals surface area contributed by atoms with Crippen LogP contribution in [0.3, 0.4) is 0 Å². The lowest BCUT2D eigenvalue weighted by molar-refractivity contribution is -0.147. The number of nitrogens with one attached hydrogen (secondary N) is 1. The van der Waals surface area contributed by atoms with E-state index >= 15 is 0 Å². The number of carbonyl (C=O) groups is 2. The fraction of sp³-hybridized carbons (Fsp3) is 0.857. The number of hydrogen-bond acceptors (Lipinski definition) is 2. The molecule has 0 aromatic heterocycles. The van der Waals surface area contributed by atoms with Gasteiger partial charge in [-0.3, -0.25) is 4.79 Å². The van der Waals surface area contributed by atoms with Crippen LogP contribution >= 0.6 is 0 Å². The first-order valence-corrected chi connectivity index (χ1v) is 7.11. The molecule has 2 amide bonds. The van der Waals surface area contributed by atoms with E-state index in [1.807, 2.05) is 25.7 Å². The number of likely N-dealkylation sites (tertiary alicyclic amines) is 1. The fourth-order valence-corrected chi connectivity index (χ4v) is 2.54. The van der Waals surface area contributed by atoms with E-state index in [0.717, 1.165) is 19.3 Å². The van der Waals surface area contributed by atoms with Gasteiger partial charge in [0.2, 0.25) is 0 Å². The number of aliphatic carboxylic acids is 1. The lowest BCUT2D eigenvalue weighted by Crippen LogP contribution is -2.54. The molecule has 19 heavy (non-hydrogen) atoms. The number of nitrogens with zero attached hydrogens (tertiary/aromatic N) is 1. The van der Waals surface area contributed by atoms with E-state index in [-0.39, 0.29) is 24.7 Å². The van der Waals surface area contributed by atoms with Crippen molar-refractivity contribution < 1.29 is 14.7 Å². The molecule has 0 bridgehead atoms. The quantitative estimate of drug-likeness (QED) is 0.824. The number of hydrogen-bond donors (Lipinski definition) is 2. The lowest BCUT2D eigenvalue weighted by atomic mass is 9.88. The Morgan fingerprint density at radius 2 is 1.84 bits per heavy atom. The highest BCUT2D eigenvalue weighted by Gasteiger charge is 2.34. The monoisotopic (exact) mass is 270 g/mol. The third kappa shape index (κ3) is 3.61. The molecule has 5 nitrogen and oxygen atoms in total. The number of amides is 2. The van der Waals surface area contributed by atoms with Gasteiger partial charge in [-0.2, -0.15) is 0 Å². The highest BCUT2D eigenvalue weighted by molar-refractivity contribution is 5.78. The number of urea groups is 1. The zero-order chi connectivity index (χ0) is 14.6. The maximum Gasteiger partial charge on any atom is 0.317 e. The SMILES string of the molecule is CCC(C)(CNC(=O)N1[C@H](C)CCC[C@@H]1C)C(=O)O. The van der Waals surface area contributed by atoms with Gasteiger partial charge in [0, 0.05) is 18.6 Å². The molecule has 0 aromatic carbocycles. The molecular weight excluding hydrogens is 244 g/mol. The van der Waals surface area contributed by atoms with E-state index in [1.165, 1.54) is 0 Å². The summed E-state index contributed by atoms with van der Waals surface area (Å²) in [6.07, 6.45) is 3.67. The summed E-state index contributed by atoms with van der Waals surface area (Å²) in [6, 6.07) is 0.309. The Labute approximate surface area is 115 Å². The van der Waals surface area contributed by atoms with Crippen LogP contribution in [0.25, 0.3) is 0 Å². The van der Waals surface area contributed by atoms with E-state index < -0.39 is 11.4 Å². The van der Waals surface area contributed by atoms with Crippen LogP contribution in [0.2, 0.25) is 0 Å². The molecule has 0 aliphatic carbocycles. The standard InChI is InChI=1S/C14H26N2O3/c1-5-14(4,12(17)18)9-15-13(19)16-10(2)7-6-8-11(16)3/h10-11H,5-9H2,1-4H3,(H,15,19)(H,17,18)/t10-,11+,14?. The molecule has 0 radical (unpaired) electrons. The third-order valence-electron chi connectivity index (χ3n) is 4.35. The van der Waals surface area contributed by atoms with Crippen LogP contribution in [0.1, 0.15) is 53.4 Å². The van der Waals surface area contributed by atoms with Gasteiger partial charge in [0.05, 0.1) is 5.41 Å². The molecular formula is C14H26N2O3. The second kappa shape index (κ2) is 6.26. The Morgan fingerprint density at radius 1 is 1.32 bits per heavy atom. The summed E-state index contributed by atoms with van der Waals surface area (Å²) < 4.78 is 0. The first kappa shape index (κ1) is 15.8. The minimum Gasteiger partial charge on any atom is -0.481 e. The molecule has 1 saturated heterocycles. The van der Waals surface area contributed by atoms with Gasteiger partial charge in [-0.15, -0.1) is 0 Å². The van der Waals surface area contributed by atoms with Crippen molar-refractivity contribution in [3.05, 3.63) is 0 Å².